The van der Waals surface area contributed by atoms with Crippen LogP contribution < -0.4 is 4.74 Å². The van der Waals surface area contributed by atoms with E-state index in [1.807, 2.05) is 0 Å². The Morgan fingerprint density at radius 2 is 2.16 bits per heavy atom. The van der Waals surface area contributed by atoms with Gasteiger partial charge in [0.15, 0.2) is 9.84 Å². The Labute approximate surface area is 121 Å². The van der Waals surface area contributed by atoms with E-state index < -0.39 is 25.7 Å². The molecule has 0 amide bonds. The Morgan fingerprint density at radius 1 is 1.42 bits per heavy atom. The molecule has 1 aliphatic heterocycles. The first-order valence-electron chi connectivity index (χ1n) is 6.15. The first-order chi connectivity index (χ1) is 8.95. The lowest BCUT2D eigenvalue weighted by Crippen LogP contribution is -2.32. The van der Waals surface area contributed by atoms with Gasteiger partial charge in [-0.05, 0) is 18.9 Å². The Bertz CT molecular complexity index is 559. The van der Waals surface area contributed by atoms with Crippen molar-refractivity contribution in [2.24, 2.45) is 0 Å². The molecule has 6 heteroatoms. The van der Waals surface area contributed by atoms with Gasteiger partial charge in [-0.2, -0.15) is 0 Å². The van der Waals surface area contributed by atoms with Gasteiger partial charge in [-0.15, -0.1) is 0 Å². The van der Waals surface area contributed by atoms with Gasteiger partial charge in [0.25, 0.3) is 0 Å². The molecule has 2 atom stereocenters. The molecule has 1 fully saturated rings. The monoisotopic (exact) mass is 350 g/mol. The van der Waals surface area contributed by atoms with E-state index in [0.29, 0.717) is 24.2 Å². The Balaban J connectivity index is 2.31. The summed E-state index contributed by atoms with van der Waals surface area (Å²) >= 11 is 3.36. The highest BCUT2D eigenvalue weighted by Crippen LogP contribution is 2.38. The van der Waals surface area contributed by atoms with Gasteiger partial charge in [0.1, 0.15) is 11.6 Å². The minimum atomic E-state index is -3.15. The van der Waals surface area contributed by atoms with E-state index >= 15 is 0 Å². The number of hydrogen-bond acceptors (Lipinski definition) is 3. The molecule has 0 spiro atoms. The van der Waals surface area contributed by atoms with Crippen LogP contribution in [0.25, 0.3) is 0 Å². The number of ether oxygens (including phenoxy) is 1. The lowest BCUT2D eigenvalue weighted by molar-refractivity contribution is 0.410. The number of halogens is 2. The topological polar surface area (TPSA) is 43.4 Å². The number of hydrogen-bond donors (Lipinski definition) is 0. The molecule has 1 aromatic rings. The minimum absolute atomic E-state index is 0.192. The molecule has 1 heterocycles. The zero-order valence-corrected chi connectivity index (χ0v) is 13.0. The molecule has 106 valence electrons. The van der Waals surface area contributed by atoms with Crippen LogP contribution in [-0.2, 0) is 9.84 Å². The quantitative estimate of drug-likeness (QED) is 0.786. The van der Waals surface area contributed by atoms with Crippen molar-refractivity contribution in [2.75, 3.05) is 12.9 Å². The average molecular weight is 351 g/mol. The highest BCUT2D eigenvalue weighted by Gasteiger charge is 2.36. The molecule has 0 saturated carbocycles. The molecule has 1 aliphatic rings. The second-order valence-electron chi connectivity index (χ2n) is 4.69. The van der Waals surface area contributed by atoms with Crippen molar-refractivity contribution in [3.8, 4) is 5.75 Å². The number of alkyl halides is 1. The van der Waals surface area contributed by atoms with Crippen molar-refractivity contribution < 1.29 is 17.5 Å². The summed E-state index contributed by atoms with van der Waals surface area (Å²) in [5.74, 6) is 0.173. The molecule has 0 aromatic heterocycles. The van der Waals surface area contributed by atoms with Gasteiger partial charge < -0.3 is 4.74 Å². The highest BCUT2D eigenvalue weighted by molar-refractivity contribution is 9.09. The molecule has 0 N–H and O–H groups in total. The van der Waals surface area contributed by atoms with E-state index in [1.165, 1.54) is 13.2 Å². The van der Waals surface area contributed by atoms with E-state index in [9.17, 15) is 12.8 Å². The van der Waals surface area contributed by atoms with E-state index in [-0.39, 0.29) is 5.75 Å². The summed E-state index contributed by atoms with van der Waals surface area (Å²) in [4.78, 5) is -0.510. The second-order valence-corrected chi connectivity index (χ2v) is 8.02. The lowest BCUT2D eigenvalue weighted by atomic mass is 10.0. The smallest absolute Gasteiger partial charge is 0.154 e. The fraction of sp³-hybridized carbons (Fsp3) is 0.538. The Hall–Kier alpha value is -0.620. The second kappa shape index (κ2) is 5.79. The first kappa shape index (κ1) is 14.8. The van der Waals surface area contributed by atoms with Crippen molar-refractivity contribution in [3.05, 3.63) is 29.6 Å². The predicted octanol–water partition coefficient (Wildman–Crippen LogP) is 3.24. The largest absolute Gasteiger partial charge is 0.497 e. The summed E-state index contributed by atoms with van der Waals surface area (Å²) in [6.07, 6.45) is 2.14. The Kier molecular flexibility index (Phi) is 4.50. The van der Waals surface area contributed by atoms with Crippen LogP contribution in [0.4, 0.5) is 4.39 Å². The van der Waals surface area contributed by atoms with Crippen LogP contribution in [0, 0.1) is 5.82 Å². The summed E-state index contributed by atoms with van der Waals surface area (Å²) in [5.41, 5.74) is 0.372. The van der Waals surface area contributed by atoms with Gasteiger partial charge >= 0.3 is 0 Å². The van der Waals surface area contributed by atoms with Crippen molar-refractivity contribution in [2.45, 2.75) is 29.3 Å². The standard InChI is InChI=1S/C13H16BrFO3S/c1-18-9-5-6-10(11(15)8-9)13(14)12-4-2-3-7-19(12,16)17/h5-6,8,12-13H,2-4,7H2,1H3. The van der Waals surface area contributed by atoms with Crippen LogP contribution >= 0.6 is 15.9 Å². The summed E-state index contributed by atoms with van der Waals surface area (Å²) in [6, 6.07) is 4.50. The summed E-state index contributed by atoms with van der Waals surface area (Å²) < 4.78 is 43.0. The third-order valence-corrected chi connectivity index (χ3v) is 7.23. The van der Waals surface area contributed by atoms with Crippen LogP contribution in [-0.4, -0.2) is 26.5 Å². The minimum Gasteiger partial charge on any atom is -0.497 e. The van der Waals surface area contributed by atoms with E-state index in [4.69, 9.17) is 4.74 Å². The van der Waals surface area contributed by atoms with Gasteiger partial charge in [0.2, 0.25) is 0 Å². The van der Waals surface area contributed by atoms with Crippen molar-refractivity contribution >= 4 is 25.8 Å². The maximum Gasteiger partial charge on any atom is 0.154 e. The maximum atomic E-state index is 14.0. The van der Waals surface area contributed by atoms with Gasteiger partial charge in [-0.1, -0.05) is 28.4 Å². The number of methoxy groups -OCH3 is 1. The maximum absolute atomic E-state index is 14.0. The zero-order chi connectivity index (χ0) is 14.0. The molecule has 2 rings (SSSR count). The number of benzene rings is 1. The third kappa shape index (κ3) is 3.11. The molecule has 0 bridgehead atoms. The molecule has 0 radical (unpaired) electrons. The molecule has 2 unspecified atom stereocenters. The molecular weight excluding hydrogens is 335 g/mol. The van der Waals surface area contributed by atoms with Crippen LogP contribution in [0.2, 0.25) is 0 Å². The summed E-state index contributed by atoms with van der Waals surface area (Å²) in [5, 5.41) is -0.552. The molecule has 1 aromatic carbocycles. The Morgan fingerprint density at radius 3 is 2.74 bits per heavy atom. The van der Waals surface area contributed by atoms with E-state index in [1.54, 1.807) is 12.1 Å². The van der Waals surface area contributed by atoms with Crippen LogP contribution in [0.1, 0.15) is 29.7 Å². The first-order valence-corrected chi connectivity index (χ1v) is 8.78. The van der Waals surface area contributed by atoms with Crippen LogP contribution in [0.15, 0.2) is 18.2 Å². The van der Waals surface area contributed by atoms with Gasteiger partial charge in [0, 0.05) is 11.6 Å². The molecule has 3 nitrogen and oxygen atoms in total. The number of sulfone groups is 1. The molecule has 19 heavy (non-hydrogen) atoms. The molecule has 1 saturated heterocycles. The van der Waals surface area contributed by atoms with Crippen LogP contribution in [0.3, 0.4) is 0 Å². The molecular formula is C13H16BrFO3S. The van der Waals surface area contributed by atoms with E-state index in [2.05, 4.69) is 15.9 Å². The van der Waals surface area contributed by atoms with Crippen molar-refractivity contribution in [3.63, 3.8) is 0 Å². The normalized spacial score (nSPS) is 23.8. The predicted molar refractivity (Wildman–Crippen MR) is 76.0 cm³/mol. The zero-order valence-electron chi connectivity index (χ0n) is 10.6. The fourth-order valence-corrected chi connectivity index (χ4v) is 5.93. The van der Waals surface area contributed by atoms with Crippen molar-refractivity contribution in [1.29, 1.82) is 0 Å². The van der Waals surface area contributed by atoms with Gasteiger partial charge in [-0.3, -0.25) is 0 Å². The highest BCUT2D eigenvalue weighted by atomic mass is 79.9. The number of rotatable bonds is 3. The van der Waals surface area contributed by atoms with Gasteiger partial charge in [0.05, 0.1) is 22.9 Å². The fourth-order valence-electron chi connectivity index (χ4n) is 2.37. The lowest BCUT2D eigenvalue weighted by Gasteiger charge is -2.27. The average Bonchev–Trinajstić information content (AvgIpc) is 2.37. The summed E-state index contributed by atoms with van der Waals surface area (Å²) in [7, 11) is -1.68. The van der Waals surface area contributed by atoms with Crippen molar-refractivity contribution in [1.82, 2.24) is 0 Å². The van der Waals surface area contributed by atoms with Gasteiger partial charge in [-0.25, -0.2) is 12.8 Å². The van der Waals surface area contributed by atoms with Crippen LogP contribution in [0.5, 0.6) is 5.75 Å². The summed E-state index contributed by atoms with van der Waals surface area (Å²) in [6.45, 7) is 0. The SMILES string of the molecule is COc1ccc(C(Br)C2CCCCS2(=O)=O)c(F)c1. The molecule has 0 aliphatic carbocycles. The third-order valence-electron chi connectivity index (χ3n) is 3.46. The van der Waals surface area contributed by atoms with E-state index in [0.717, 1.165) is 6.42 Å².